The number of aromatic hydroxyl groups is 1. The molecule has 0 aromatic heterocycles. The number of carbonyl (C=O) groups is 2. The molecule has 0 bridgehead atoms. The zero-order valence-corrected chi connectivity index (χ0v) is 22.8. The predicted molar refractivity (Wildman–Crippen MR) is 148 cm³/mol. The highest BCUT2D eigenvalue weighted by Gasteiger charge is 2.55. The van der Waals surface area contributed by atoms with Gasteiger partial charge < -0.3 is 20.1 Å². The number of ether oxygens (including phenoxy) is 1. The number of benzene rings is 2. The Balaban J connectivity index is 1.61. The molecule has 218 valence electrons. The number of halogens is 1. The fourth-order valence-electron chi connectivity index (χ4n) is 5.94. The lowest BCUT2D eigenvalue weighted by Crippen LogP contribution is -2.39. The Morgan fingerprint density at radius 3 is 2.63 bits per heavy atom. The number of nitro benzene ring substituents is 1. The van der Waals surface area contributed by atoms with Crippen LogP contribution < -0.4 is 4.90 Å². The molecule has 10 nitrogen and oxygen atoms in total. The number of nitro groups is 1. The smallest absolute Gasteiger partial charge is 0.271 e. The SMILES string of the molecule is CC/C(=C\c1ccc(O)c(F)c1)CC[C@@H](O)C1=C(COC)C[C@H]2C(=O)N(c3cccc([N+](=O)[O-])c3)C(=O)[C@H]2[C@H]1CO. The van der Waals surface area contributed by atoms with E-state index in [4.69, 9.17) is 4.74 Å². The molecule has 1 heterocycles. The molecule has 1 aliphatic carbocycles. The summed E-state index contributed by atoms with van der Waals surface area (Å²) in [6, 6.07) is 9.36. The van der Waals surface area contributed by atoms with Gasteiger partial charge in [-0.25, -0.2) is 9.29 Å². The van der Waals surface area contributed by atoms with E-state index in [1.165, 1.54) is 43.5 Å². The Kier molecular flexibility index (Phi) is 9.31. The molecular weight excluding hydrogens is 535 g/mol. The van der Waals surface area contributed by atoms with Crippen LogP contribution in [0.1, 0.15) is 38.2 Å². The number of imide groups is 1. The van der Waals surface area contributed by atoms with Gasteiger partial charge in [-0.15, -0.1) is 0 Å². The van der Waals surface area contributed by atoms with Crippen molar-refractivity contribution in [1.29, 1.82) is 0 Å². The summed E-state index contributed by atoms with van der Waals surface area (Å²) in [5, 5.41) is 42.6. The quantitative estimate of drug-likeness (QED) is 0.158. The minimum atomic E-state index is -1.06. The van der Waals surface area contributed by atoms with Gasteiger partial charge in [0.05, 0.1) is 41.8 Å². The molecule has 0 spiro atoms. The number of allylic oxidation sites excluding steroid dienone is 1. The second-order valence-corrected chi connectivity index (χ2v) is 10.3. The Bertz CT molecular complexity index is 1400. The molecule has 2 aromatic rings. The number of aliphatic hydroxyl groups excluding tert-OH is 2. The zero-order chi connectivity index (χ0) is 29.8. The number of hydrogen-bond acceptors (Lipinski definition) is 8. The van der Waals surface area contributed by atoms with Crippen LogP contribution in [0.2, 0.25) is 0 Å². The Hall–Kier alpha value is -3.93. The standard InChI is InChI=1S/C30H33FN2O8/c1-3-17(11-18-8-9-25(35)24(31)12-18)7-10-26(36)27-19(16-41-2)13-22-28(23(27)15-34)30(38)32(29(22)37)20-5-4-6-21(14-20)33(39)40/h4-6,8-9,11-12,14,22-23,26,28,34-36H,3,7,10,13,15-16H2,1-2H3/b17-11+/t22-,23+,26-,28-/m1/s1. The van der Waals surface area contributed by atoms with Gasteiger partial charge in [0.25, 0.3) is 5.69 Å². The van der Waals surface area contributed by atoms with Gasteiger partial charge in [-0.05, 0) is 60.6 Å². The van der Waals surface area contributed by atoms with Crippen molar-refractivity contribution in [3.63, 3.8) is 0 Å². The third-order valence-corrected chi connectivity index (χ3v) is 7.89. The molecule has 4 atom stereocenters. The summed E-state index contributed by atoms with van der Waals surface area (Å²) in [6.07, 6.45) is 2.17. The maximum atomic E-state index is 13.8. The van der Waals surface area contributed by atoms with Gasteiger partial charge in [-0.2, -0.15) is 0 Å². The van der Waals surface area contributed by atoms with Crippen molar-refractivity contribution < 1.29 is 39.0 Å². The molecular formula is C30H33FN2O8. The van der Waals surface area contributed by atoms with E-state index in [0.29, 0.717) is 29.6 Å². The van der Waals surface area contributed by atoms with E-state index in [9.17, 15) is 39.4 Å². The molecule has 0 unspecified atom stereocenters. The number of non-ortho nitro benzene ring substituents is 1. The van der Waals surface area contributed by atoms with Gasteiger partial charge in [0.2, 0.25) is 11.8 Å². The number of hydrogen-bond donors (Lipinski definition) is 3. The molecule has 3 N–H and O–H groups in total. The summed E-state index contributed by atoms with van der Waals surface area (Å²) in [5.74, 6) is -4.88. The summed E-state index contributed by atoms with van der Waals surface area (Å²) in [6.45, 7) is 1.52. The van der Waals surface area contributed by atoms with Crippen LogP contribution in [0.4, 0.5) is 15.8 Å². The molecule has 2 aromatic carbocycles. The molecule has 0 saturated carbocycles. The van der Waals surface area contributed by atoms with Crippen LogP contribution in [-0.2, 0) is 14.3 Å². The van der Waals surface area contributed by atoms with Crippen LogP contribution in [0.3, 0.4) is 0 Å². The average molecular weight is 569 g/mol. The monoisotopic (exact) mass is 568 g/mol. The van der Waals surface area contributed by atoms with Gasteiger partial charge in [0.15, 0.2) is 11.6 Å². The van der Waals surface area contributed by atoms with E-state index < -0.39 is 58.8 Å². The first-order valence-corrected chi connectivity index (χ1v) is 13.4. The third-order valence-electron chi connectivity index (χ3n) is 7.89. The maximum Gasteiger partial charge on any atom is 0.271 e. The molecule has 0 radical (unpaired) electrons. The van der Waals surface area contributed by atoms with Crippen molar-refractivity contribution in [3.8, 4) is 5.75 Å². The number of nitrogens with zero attached hydrogens (tertiary/aromatic N) is 2. The number of carbonyl (C=O) groups excluding carboxylic acids is 2. The van der Waals surface area contributed by atoms with E-state index >= 15 is 0 Å². The lowest BCUT2D eigenvalue weighted by molar-refractivity contribution is -0.384. The van der Waals surface area contributed by atoms with Crippen LogP contribution in [0.15, 0.2) is 59.2 Å². The van der Waals surface area contributed by atoms with Crippen molar-refractivity contribution in [3.05, 3.63) is 80.7 Å². The normalized spacial score (nSPS) is 21.8. The first-order valence-electron chi connectivity index (χ1n) is 13.4. The fraction of sp³-hybridized carbons (Fsp3) is 0.400. The first kappa shape index (κ1) is 30.0. The van der Waals surface area contributed by atoms with Crippen molar-refractivity contribution >= 4 is 29.3 Å². The van der Waals surface area contributed by atoms with Crippen LogP contribution in [0.5, 0.6) is 5.75 Å². The van der Waals surface area contributed by atoms with E-state index in [0.717, 1.165) is 10.5 Å². The molecule has 4 rings (SSSR count). The van der Waals surface area contributed by atoms with Crippen LogP contribution in [-0.4, -0.2) is 58.5 Å². The number of methoxy groups -OCH3 is 1. The number of fused-ring (bicyclic) bond motifs is 1. The van der Waals surface area contributed by atoms with Crippen LogP contribution in [0, 0.1) is 33.7 Å². The Morgan fingerprint density at radius 1 is 1.24 bits per heavy atom. The first-order chi connectivity index (χ1) is 19.6. The highest BCUT2D eigenvalue weighted by atomic mass is 19.1. The number of amides is 2. The van der Waals surface area contributed by atoms with Crippen molar-refractivity contribution in [2.24, 2.45) is 17.8 Å². The summed E-state index contributed by atoms with van der Waals surface area (Å²) in [7, 11) is 1.47. The van der Waals surface area contributed by atoms with E-state index in [1.807, 2.05) is 6.92 Å². The number of rotatable bonds is 11. The second kappa shape index (κ2) is 12.7. The summed E-state index contributed by atoms with van der Waals surface area (Å²) in [5.41, 5.74) is 2.39. The van der Waals surface area contributed by atoms with Gasteiger partial charge in [-0.3, -0.25) is 19.7 Å². The third kappa shape index (κ3) is 6.07. The van der Waals surface area contributed by atoms with Gasteiger partial charge >= 0.3 is 0 Å². The molecule has 1 saturated heterocycles. The molecule has 1 aliphatic heterocycles. The Morgan fingerprint density at radius 2 is 2.00 bits per heavy atom. The summed E-state index contributed by atoms with van der Waals surface area (Å²) in [4.78, 5) is 38.7. The zero-order valence-electron chi connectivity index (χ0n) is 22.8. The largest absolute Gasteiger partial charge is 0.505 e. The van der Waals surface area contributed by atoms with E-state index in [-0.39, 0.29) is 30.8 Å². The lowest BCUT2D eigenvalue weighted by atomic mass is 9.68. The second-order valence-electron chi connectivity index (χ2n) is 10.3. The van der Waals surface area contributed by atoms with Crippen LogP contribution >= 0.6 is 0 Å². The number of aliphatic hydroxyl groups is 2. The molecule has 41 heavy (non-hydrogen) atoms. The highest BCUT2D eigenvalue weighted by molar-refractivity contribution is 6.22. The molecule has 2 amide bonds. The van der Waals surface area contributed by atoms with Gasteiger partial charge in [0.1, 0.15) is 0 Å². The average Bonchev–Trinajstić information content (AvgIpc) is 3.21. The maximum absolute atomic E-state index is 13.8. The Labute approximate surface area is 236 Å². The van der Waals surface area contributed by atoms with Crippen molar-refractivity contribution in [1.82, 2.24) is 0 Å². The minimum absolute atomic E-state index is 0.0825. The topological polar surface area (TPSA) is 150 Å². The lowest BCUT2D eigenvalue weighted by Gasteiger charge is -2.36. The molecule has 2 aliphatic rings. The molecule has 11 heteroatoms. The fourth-order valence-corrected chi connectivity index (χ4v) is 5.94. The van der Waals surface area contributed by atoms with Crippen molar-refractivity contribution in [2.75, 3.05) is 25.2 Å². The number of phenols is 1. The van der Waals surface area contributed by atoms with E-state index in [2.05, 4.69) is 0 Å². The van der Waals surface area contributed by atoms with Crippen LogP contribution in [0.25, 0.3) is 6.08 Å². The van der Waals surface area contributed by atoms with E-state index in [1.54, 1.807) is 12.1 Å². The minimum Gasteiger partial charge on any atom is -0.505 e. The number of phenolic OH excluding ortho intramolecular Hbond substituents is 1. The predicted octanol–water partition coefficient (Wildman–Crippen LogP) is 4.14. The highest BCUT2D eigenvalue weighted by Crippen LogP contribution is 2.47. The van der Waals surface area contributed by atoms with Crippen molar-refractivity contribution in [2.45, 2.75) is 38.7 Å². The number of anilines is 1. The van der Waals surface area contributed by atoms with Gasteiger partial charge in [-0.1, -0.05) is 30.7 Å². The molecule has 1 fully saturated rings. The summed E-state index contributed by atoms with van der Waals surface area (Å²) < 4.78 is 19.2. The van der Waals surface area contributed by atoms with Gasteiger partial charge in [0, 0.05) is 25.2 Å². The summed E-state index contributed by atoms with van der Waals surface area (Å²) >= 11 is 0.